The molecule has 0 aliphatic carbocycles. The third-order valence-corrected chi connectivity index (χ3v) is 6.63. The summed E-state index contributed by atoms with van der Waals surface area (Å²) in [5.41, 5.74) is 2.97. The Kier molecular flexibility index (Phi) is 4.83. The zero-order valence-electron chi connectivity index (χ0n) is 14.8. The number of carbonyl (C=O) groups excluding carboxylic acids is 1. The maximum absolute atomic E-state index is 12.1. The Morgan fingerprint density at radius 2 is 2.20 bits per heavy atom. The normalized spacial score (nSPS) is 19.6. The lowest BCUT2D eigenvalue weighted by Gasteiger charge is -2.22. The molecule has 0 spiro atoms. The van der Waals surface area contributed by atoms with E-state index in [-0.39, 0.29) is 30.0 Å². The van der Waals surface area contributed by atoms with Crippen molar-refractivity contribution >= 4 is 26.8 Å². The van der Waals surface area contributed by atoms with Gasteiger partial charge in [0.25, 0.3) is 0 Å². The van der Waals surface area contributed by atoms with Crippen LogP contribution in [0, 0.1) is 6.92 Å². The molecule has 2 heterocycles. The van der Waals surface area contributed by atoms with Gasteiger partial charge in [-0.15, -0.1) is 0 Å². The second kappa shape index (κ2) is 6.76. The molecule has 1 N–H and O–H groups in total. The van der Waals surface area contributed by atoms with Crippen molar-refractivity contribution in [3.63, 3.8) is 0 Å². The summed E-state index contributed by atoms with van der Waals surface area (Å²) in [6.45, 7) is 2.59. The maximum atomic E-state index is 12.1. The van der Waals surface area contributed by atoms with Crippen molar-refractivity contribution in [2.24, 2.45) is 7.05 Å². The highest BCUT2D eigenvalue weighted by atomic mass is 32.2. The van der Waals surface area contributed by atoms with Gasteiger partial charge in [0, 0.05) is 19.6 Å². The number of imidazole rings is 1. The first-order valence-corrected chi connectivity index (χ1v) is 10.2. The highest BCUT2D eigenvalue weighted by Gasteiger charge is 2.31. The van der Waals surface area contributed by atoms with Crippen molar-refractivity contribution < 1.29 is 13.2 Å². The van der Waals surface area contributed by atoms with Crippen LogP contribution in [-0.4, -0.2) is 59.9 Å². The van der Waals surface area contributed by atoms with Crippen molar-refractivity contribution in [2.45, 2.75) is 25.9 Å². The van der Waals surface area contributed by atoms with E-state index in [4.69, 9.17) is 0 Å². The highest BCUT2D eigenvalue weighted by Crippen LogP contribution is 2.17. The van der Waals surface area contributed by atoms with Crippen LogP contribution < -0.4 is 5.32 Å². The summed E-state index contributed by atoms with van der Waals surface area (Å²) in [6.07, 6.45) is 0.599. The predicted octanol–water partition coefficient (Wildman–Crippen LogP) is 0.617. The number of hydrogen-bond donors (Lipinski definition) is 1. The van der Waals surface area contributed by atoms with Crippen LogP contribution >= 0.6 is 0 Å². The van der Waals surface area contributed by atoms with Crippen molar-refractivity contribution in [1.29, 1.82) is 0 Å². The Balaban J connectivity index is 1.55. The van der Waals surface area contributed by atoms with Crippen LogP contribution in [0.3, 0.4) is 0 Å². The van der Waals surface area contributed by atoms with Gasteiger partial charge >= 0.3 is 0 Å². The van der Waals surface area contributed by atoms with Gasteiger partial charge in [0.2, 0.25) is 5.91 Å². The molecule has 1 aromatic carbocycles. The third kappa shape index (κ3) is 4.01. The molecule has 1 aliphatic rings. The number of rotatable bonds is 5. The fourth-order valence-corrected chi connectivity index (χ4v) is 5.02. The van der Waals surface area contributed by atoms with Gasteiger partial charge in [-0.1, -0.05) is 6.07 Å². The number of hydrogen-bond acceptors (Lipinski definition) is 5. The first-order chi connectivity index (χ1) is 11.7. The van der Waals surface area contributed by atoms with Gasteiger partial charge in [0.15, 0.2) is 9.84 Å². The van der Waals surface area contributed by atoms with Crippen LogP contribution in [0.2, 0.25) is 0 Å². The number of carbonyl (C=O) groups is 1. The lowest BCUT2D eigenvalue weighted by Crippen LogP contribution is -2.41. The highest BCUT2D eigenvalue weighted by molar-refractivity contribution is 7.91. The predicted molar refractivity (Wildman–Crippen MR) is 97.0 cm³/mol. The van der Waals surface area contributed by atoms with Gasteiger partial charge < -0.3 is 9.88 Å². The second-order valence-corrected chi connectivity index (χ2v) is 9.02. The summed E-state index contributed by atoms with van der Waals surface area (Å²) < 4.78 is 25.1. The minimum atomic E-state index is -2.94. The minimum Gasteiger partial charge on any atom is -0.351 e. The molecule has 0 radical (unpaired) electrons. The van der Waals surface area contributed by atoms with E-state index in [1.54, 1.807) is 7.05 Å². The molecule has 1 aromatic heterocycles. The summed E-state index contributed by atoms with van der Waals surface area (Å²) in [4.78, 5) is 18.5. The molecular formula is C17H24N4O3S. The van der Waals surface area contributed by atoms with Gasteiger partial charge in [0.1, 0.15) is 5.82 Å². The molecule has 1 atom stereocenters. The molecule has 2 aromatic rings. The van der Waals surface area contributed by atoms with E-state index in [1.807, 2.05) is 41.6 Å². The number of amides is 1. The van der Waals surface area contributed by atoms with Gasteiger partial charge in [-0.3, -0.25) is 9.69 Å². The molecule has 1 amide bonds. The first kappa shape index (κ1) is 17.9. The number of nitrogens with zero attached hydrogens (tertiary/aromatic N) is 3. The lowest BCUT2D eigenvalue weighted by atomic mass is 10.2. The fourth-order valence-electron chi connectivity index (χ4n) is 3.21. The number of benzene rings is 1. The van der Waals surface area contributed by atoms with E-state index < -0.39 is 9.84 Å². The number of likely N-dealkylation sites (N-methyl/N-ethyl adjacent to an activating group) is 1. The molecular weight excluding hydrogens is 340 g/mol. The zero-order chi connectivity index (χ0) is 18.2. The van der Waals surface area contributed by atoms with E-state index in [0.29, 0.717) is 13.0 Å². The van der Waals surface area contributed by atoms with Crippen molar-refractivity contribution in [2.75, 3.05) is 25.1 Å². The average Bonchev–Trinajstić information content (AvgIpc) is 3.05. The molecule has 8 heteroatoms. The Bertz CT molecular complexity index is 904. The Morgan fingerprint density at radius 1 is 1.44 bits per heavy atom. The van der Waals surface area contributed by atoms with Crippen LogP contribution in [0.15, 0.2) is 18.2 Å². The van der Waals surface area contributed by atoms with Gasteiger partial charge in [-0.05, 0) is 38.1 Å². The topological polar surface area (TPSA) is 84.3 Å². The molecule has 3 rings (SSSR count). The number of aryl methyl sites for hydroxylation is 2. The Morgan fingerprint density at radius 3 is 2.88 bits per heavy atom. The van der Waals surface area contributed by atoms with Crippen LogP contribution in [0.4, 0.5) is 0 Å². The molecule has 7 nitrogen and oxygen atoms in total. The smallest absolute Gasteiger partial charge is 0.234 e. The summed E-state index contributed by atoms with van der Waals surface area (Å²) in [6, 6.07) is 5.91. The summed E-state index contributed by atoms with van der Waals surface area (Å²) in [5, 5.41) is 2.90. The van der Waals surface area contributed by atoms with Gasteiger partial charge in [-0.25, -0.2) is 13.4 Å². The fraction of sp³-hybridized carbons (Fsp3) is 0.529. The molecule has 0 bridgehead atoms. The molecule has 136 valence electrons. The van der Waals surface area contributed by atoms with E-state index in [9.17, 15) is 13.2 Å². The maximum Gasteiger partial charge on any atom is 0.234 e. The summed E-state index contributed by atoms with van der Waals surface area (Å²) >= 11 is 0. The standard InChI is InChI=1S/C17H24N4O3S/c1-12-19-15-8-13(4-5-16(15)21(12)3)9-18-17(22)10-20(2)14-6-7-25(23,24)11-14/h4-5,8,14H,6-7,9-11H2,1-3H3,(H,18,22)/t14-/m1/s1. The Labute approximate surface area is 147 Å². The number of sulfone groups is 1. The zero-order valence-corrected chi connectivity index (χ0v) is 15.6. The van der Waals surface area contributed by atoms with Crippen molar-refractivity contribution in [3.05, 3.63) is 29.6 Å². The Hall–Kier alpha value is -1.93. The SMILES string of the molecule is Cc1nc2cc(CNC(=O)CN(C)[C@@H]3CCS(=O)(=O)C3)ccc2n1C. The van der Waals surface area contributed by atoms with E-state index in [2.05, 4.69) is 10.3 Å². The van der Waals surface area contributed by atoms with E-state index in [1.165, 1.54) is 0 Å². The molecule has 0 saturated carbocycles. The summed E-state index contributed by atoms with van der Waals surface area (Å²) in [7, 11) is 0.841. The van der Waals surface area contributed by atoms with Crippen LogP contribution in [0.25, 0.3) is 11.0 Å². The number of fused-ring (bicyclic) bond motifs is 1. The lowest BCUT2D eigenvalue weighted by molar-refractivity contribution is -0.122. The number of nitrogens with one attached hydrogen (secondary N) is 1. The molecule has 25 heavy (non-hydrogen) atoms. The quantitative estimate of drug-likeness (QED) is 0.841. The molecule has 1 fully saturated rings. The van der Waals surface area contributed by atoms with Crippen LogP contribution in [0.5, 0.6) is 0 Å². The molecule has 1 aliphatic heterocycles. The van der Waals surface area contributed by atoms with Gasteiger partial charge in [0.05, 0.1) is 29.1 Å². The van der Waals surface area contributed by atoms with Crippen LogP contribution in [0.1, 0.15) is 17.8 Å². The van der Waals surface area contributed by atoms with Crippen LogP contribution in [-0.2, 0) is 28.2 Å². The number of aromatic nitrogens is 2. The van der Waals surface area contributed by atoms with E-state index in [0.717, 1.165) is 22.4 Å². The molecule has 0 unspecified atom stereocenters. The van der Waals surface area contributed by atoms with Gasteiger partial charge in [-0.2, -0.15) is 0 Å². The second-order valence-electron chi connectivity index (χ2n) is 6.79. The third-order valence-electron chi connectivity index (χ3n) is 4.88. The van der Waals surface area contributed by atoms with E-state index >= 15 is 0 Å². The monoisotopic (exact) mass is 364 g/mol. The average molecular weight is 364 g/mol. The largest absolute Gasteiger partial charge is 0.351 e. The first-order valence-electron chi connectivity index (χ1n) is 8.34. The minimum absolute atomic E-state index is 0.0661. The van der Waals surface area contributed by atoms with Crippen molar-refractivity contribution in [3.8, 4) is 0 Å². The summed E-state index contributed by atoms with van der Waals surface area (Å²) in [5.74, 6) is 1.20. The molecule has 1 saturated heterocycles. The van der Waals surface area contributed by atoms with Crippen molar-refractivity contribution in [1.82, 2.24) is 19.8 Å².